The number of hydrogen-bond acceptors (Lipinski definition) is 8. The molecule has 32 heavy (non-hydrogen) atoms. The number of nitrogens with one attached hydrogen (secondary N) is 1. The highest BCUT2D eigenvalue weighted by Crippen LogP contribution is 2.45. The standard InChI is InChI=1S/C22H19N3O5S2/c26-21(14-29-16-7-5-15(6-8-16)22-31-11-12-32-22)24-23-13-17-9-10-20(30-17)18-3-1-2-4-19(18)25(27)28/h1-10,13,22H,11-12,14H2,(H,24,26)/b23-13+. The maximum absolute atomic E-state index is 12.0. The Morgan fingerprint density at radius 3 is 2.66 bits per heavy atom. The number of nitro benzene ring substituents is 1. The molecule has 3 aromatic rings. The van der Waals surface area contributed by atoms with Crippen molar-refractivity contribution in [2.75, 3.05) is 18.1 Å². The summed E-state index contributed by atoms with van der Waals surface area (Å²) in [5.74, 6) is 3.21. The summed E-state index contributed by atoms with van der Waals surface area (Å²) in [6.07, 6.45) is 1.32. The molecule has 0 radical (unpaired) electrons. The van der Waals surface area contributed by atoms with Crippen LogP contribution in [-0.2, 0) is 4.79 Å². The van der Waals surface area contributed by atoms with Gasteiger partial charge < -0.3 is 9.15 Å². The number of thioether (sulfide) groups is 2. The van der Waals surface area contributed by atoms with Gasteiger partial charge in [-0.25, -0.2) is 5.43 Å². The van der Waals surface area contributed by atoms with Crippen LogP contribution in [0.4, 0.5) is 5.69 Å². The molecule has 1 aromatic heterocycles. The van der Waals surface area contributed by atoms with E-state index in [1.807, 2.05) is 47.8 Å². The minimum atomic E-state index is -0.466. The van der Waals surface area contributed by atoms with Gasteiger partial charge in [-0.2, -0.15) is 5.10 Å². The van der Waals surface area contributed by atoms with E-state index in [0.717, 1.165) is 0 Å². The number of ether oxygens (including phenoxy) is 1. The number of para-hydroxylation sites is 1. The minimum Gasteiger partial charge on any atom is -0.484 e. The summed E-state index contributed by atoms with van der Waals surface area (Å²) in [5.41, 5.74) is 3.93. The number of nitro groups is 1. The van der Waals surface area contributed by atoms with Crippen molar-refractivity contribution >= 4 is 41.3 Å². The van der Waals surface area contributed by atoms with Crippen LogP contribution in [0.15, 0.2) is 70.2 Å². The first-order chi connectivity index (χ1) is 15.6. The number of carbonyl (C=O) groups excluding carboxylic acids is 1. The molecule has 1 amide bonds. The van der Waals surface area contributed by atoms with Crippen molar-refractivity contribution in [3.8, 4) is 17.1 Å². The normalized spacial score (nSPS) is 14.0. The Morgan fingerprint density at radius 1 is 1.16 bits per heavy atom. The highest BCUT2D eigenvalue weighted by atomic mass is 32.2. The Hall–Kier alpha value is -3.24. The molecule has 1 saturated heterocycles. The van der Waals surface area contributed by atoms with Crippen LogP contribution in [-0.4, -0.2) is 35.2 Å². The van der Waals surface area contributed by atoms with E-state index >= 15 is 0 Å². The molecule has 10 heteroatoms. The first kappa shape index (κ1) is 22.0. The first-order valence-electron chi connectivity index (χ1n) is 9.71. The molecule has 1 aliphatic heterocycles. The fraction of sp³-hybridized carbons (Fsp3) is 0.182. The number of hydrogen-bond donors (Lipinski definition) is 1. The van der Waals surface area contributed by atoms with Gasteiger partial charge in [0, 0.05) is 17.6 Å². The largest absolute Gasteiger partial charge is 0.484 e. The van der Waals surface area contributed by atoms with E-state index in [4.69, 9.17) is 9.15 Å². The third-order valence-corrected chi connectivity index (χ3v) is 7.62. The van der Waals surface area contributed by atoms with Crippen molar-refractivity contribution in [3.05, 3.63) is 82.1 Å². The smallest absolute Gasteiger partial charge is 0.280 e. The van der Waals surface area contributed by atoms with Crippen molar-refractivity contribution in [3.63, 3.8) is 0 Å². The minimum absolute atomic E-state index is 0.0513. The predicted octanol–water partition coefficient (Wildman–Crippen LogP) is 4.86. The third-order valence-electron chi connectivity index (χ3n) is 4.52. The summed E-state index contributed by atoms with van der Waals surface area (Å²) in [7, 11) is 0. The number of benzene rings is 2. The fourth-order valence-electron chi connectivity index (χ4n) is 3.03. The SMILES string of the molecule is O=C(COc1ccc(C2SCCS2)cc1)N/N=C/c1ccc(-c2ccccc2[N+](=O)[O-])o1. The van der Waals surface area contributed by atoms with E-state index in [0.29, 0.717) is 27.4 Å². The van der Waals surface area contributed by atoms with Crippen molar-refractivity contribution in [2.24, 2.45) is 5.10 Å². The molecule has 0 unspecified atom stereocenters. The first-order valence-corrected chi connectivity index (χ1v) is 11.8. The van der Waals surface area contributed by atoms with E-state index in [9.17, 15) is 14.9 Å². The molecule has 0 bridgehead atoms. The quantitative estimate of drug-likeness (QED) is 0.285. The molecule has 164 valence electrons. The number of nitrogens with zero attached hydrogens (tertiary/aromatic N) is 2. The van der Waals surface area contributed by atoms with E-state index in [2.05, 4.69) is 10.5 Å². The van der Waals surface area contributed by atoms with Crippen LogP contribution in [0.1, 0.15) is 15.9 Å². The molecule has 0 saturated carbocycles. The van der Waals surface area contributed by atoms with Crippen LogP contribution in [0.2, 0.25) is 0 Å². The molecule has 1 N–H and O–H groups in total. The van der Waals surface area contributed by atoms with E-state index in [-0.39, 0.29) is 12.3 Å². The van der Waals surface area contributed by atoms with Gasteiger partial charge in [0.05, 0.1) is 21.3 Å². The molecule has 1 aliphatic rings. The number of furan rings is 1. The fourth-order valence-corrected chi connectivity index (χ4v) is 5.89. The van der Waals surface area contributed by atoms with Gasteiger partial charge in [0.25, 0.3) is 11.6 Å². The molecule has 2 heterocycles. The van der Waals surface area contributed by atoms with Crippen LogP contribution in [0.25, 0.3) is 11.3 Å². The summed E-state index contributed by atoms with van der Waals surface area (Å²) in [6, 6.07) is 17.3. The highest BCUT2D eigenvalue weighted by Gasteiger charge is 2.18. The van der Waals surface area contributed by atoms with Crippen LogP contribution >= 0.6 is 23.5 Å². The molecule has 0 aliphatic carbocycles. The Bertz CT molecular complexity index is 1120. The number of hydrazone groups is 1. The van der Waals surface area contributed by atoms with Gasteiger partial charge in [-0.3, -0.25) is 14.9 Å². The van der Waals surface area contributed by atoms with Gasteiger partial charge in [-0.1, -0.05) is 24.3 Å². The van der Waals surface area contributed by atoms with Crippen LogP contribution in [0, 0.1) is 10.1 Å². The number of amides is 1. The highest BCUT2D eigenvalue weighted by molar-refractivity contribution is 8.19. The second kappa shape index (κ2) is 10.4. The summed E-state index contributed by atoms with van der Waals surface area (Å²) >= 11 is 3.87. The number of rotatable bonds is 8. The lowest BCUT2D eigenvalue weighted by Crippen LogP contribution is -2.24. The van der Waals surface area contributed by atoms with Crippen molar-refractivity contribution < 1.29 is 18.9 Å². The summed E-state index contributed by atoms with van der Waals surface area (Å²) in [4.78, 5) is 22.7. The van der Waals surface area contributed by atoms with Crippen LogP contribution < -0.4 is 10.2 Å². The number of carbonyl (C=O) groups is 1. The summed E-state index contributed by atoms with van der Waals surface area (Å²) in [5, 5.41) is 15.0. The predicted molar refractivity (Wildman–Crippen MR) is 126 cm³/mol. The lowest BCUT2D eigenvalue weighted by atomic mass is 10.1. The van der Waals surface area contributed by atoms with Gasteiger partial charge in [0.2, 0.25) is 0 Å². The average Bonchev–Trinajstić information content (AvgIpc) is 3.51. The maximum Gasteiger partial charge on any atom is 0.280 e. The van der Waals surface area contributed by atoms with Crippen molar-refractivity contribution in [1.29, 1.82) is 0 Å². The lowest BCUT2D eigenvalue weighted by Gasteiger charge is -2.09. The van der Waals surface area contributed by atoms with Gasteiger partial charge >= 0.3 is 0 Å². The topological polar surface area (TPSA) is 107 Å². The second-order valence-corrected chi connectivity index (χ2v) is 9.43. The van der Waals surface area contributed by atoms with Gasteiger partial charge in [0.15, 0.2) is 6.61 Å². The maximum atomic E-state index is 12.0. The molecule has 4 rings (SSSR count). The van der Waals surface area contributed by atoms with Crippen molar-refractivity contribution in [2.45, 2.75) is 4.58 Å². The zero-order chi connectivity index (χ0) is 22.3. The Balaban J connectivity index is 1.27. The Labute approximate surface area is 192 Å². The van der Waals surface area contributed by atoms with E-state index in [1.54, 1.807) is 30.3 Å². The molecular weight excluding hydrogens is 450 g/mol. The zero-order valence-corrected chi connectivity index (χ0v) is 18.4. The second-order valence-electron chi connectivity index (χ2n) is 6.70. The van der Waals surface area contributed by atoms with Crippen molar-refractivity contribution in [1.82, 2.24) is 5.43 Å². The Kier molecular flexibility index (Phi) is 7.13. The van der Waals surface area contributed by atoms with E-state index < -0.39 is 10.8 Å². The third kappa shape index (κ3) is 5.51. The van der Waals surface area contributed by atoms with Crippen LogP contribution in [0.3, 0.4) is 0 Å². The summed E-state index contributed by atoms with van der Waals surface area (Å²) in [6.45, 7) is -0.177. The van der Waals surface area contributed by atoms with Crippen LogP contribution in [0.5, 0.6) is 5.75 Å². The average molecular weight is 470 g/mol. The molecule has 0 spiro atoms. The van der Waals surface area contributed by atoms with Gasteiger partial charge in [-0.05, 0) is 35.9 Å². The molecular formula is C22H19N3O5S2. The van der Waals surface area contributed by atoms with E-state index in [1.165, 1.54) is 29.4 Å². The monoisotopic (exact) mass is 469 g/mol. The molecule has 8 nitrogen and oxygen atoms in total. The summed E-state index contributed by atoms with van der Waals surface area (Å²) < 4.78 is 11.6. The zero-order valence-electron chi connectivity index (χ0n) is 16.8. The molecule has 0 atom stereocenters. The van der Waals surface area contributed by atoms with Gasteiger partial charge in [-0.15, -0.1) is 23.5 Å². The molecule has 2 aromatic carbocycles. The Morgan fingerprint density at radius 2 is 1.91 bits per heavy atom. The lowest BCUT2D eigenvalue weighted by molar-refractivity contribution is -0.384. The molecule has 1 fully saturated rings. The van der Waals surface area contributed by atoms with Gasteiger partial charge in [0.1, 0.15) is 17.3 Å².